The van der Waals surface area contributed by atoms with Crippen molar-refractivity contribution >= 4 is 53.4 Å². The molecule has 0 saturated heterocycles. The van der Waals surface area contributed by atoms with Crippen LogP contribution in [0.3, 0.4) is 0 Å². The summed E-state index contributed by atoms with van der Waals surface area (Å²) in [5, 5.41) is 7.10. The Hall–Kier alpha value is -0.860. The van der Waals surface area contributed by atoms with Gasteiger partial charge in [0.05, 0.1) is 0 Å². The van der Waals surface area contributed by atoms with Crippen molar-refractivity contribution in [2.75, 3.05) is 0 Å². The van der Waals surface area contributed by atoms with Gasteiger partial charge in [-0.2, -0.15) is 0 Å². The Morgan fingerprint density at radius 1 is 0.667 bits per heavy atom. The van der Waals surface area contributed by atoms with E-state index in [4.69, 9.17) is 0 Å². The highest BCUT2D eigenvalue weighted by molar-refractivity contribution is 9.08. The molecule has 18 heavy (non-hydrogen) atoms. The quantitative estimate of drug-likeness (QED) is 0.399. The molecule has 0 aliphatic heterocycles. The van der Waals surface area contributed by atoms with Gasteiger partial charge in [0.25, 0.3) is 0 Å². The smallest absolute Gasteiger partial charge is 0.0289 e. The van der Waals surface area contributed by atoms with Crippen LogP contribution in [0, 0.1) is 0 Å². The summed E-state index contributed by atoms with van der Waals surface area (Å²) in [7, 11) is 0. The molecule has 0 N–H and O–H groups in total. The van der Waals surface area contributed by atoms with E-state index in [0.717, 1.165) is 10.7 Å². The topological polar surface area (TPSA) is 0 Å². The van der Waals surface area contributed by atoms with Crippen molar-refractivity contribution in [3.8, 4) is 0 Å². The molecule has 0 aromatic heterocycles. The zero-order valence-corrected chi connectivity index (χ0v) is 13.0. The minimum absolute atomic E-state index is 0.897. The number of hydrogen-bond donors (Lipinski definition) is 0. The molecule has 0 fully saturated rings. The van der Waals surface area contributed by atoms with E-state index in [0.29, 0.717) is 0 Å². The Bertz CT molecular complexity index is 653. The normalized spacial score (nSPS) is 11.2. The van der Waals surface area contributed by atoms with Gasteiger partial charge in [0, 0.05) is 10.7 Å². The van der Waals surface area contributed by atoms with Gasteiger partial charge in [0.1, 0.15) is 0 Å². The fourth-order valence-electron chi connectivity index (χ4n) is 2.41. The van der Waals surface area contributed by atoms with E-state index in [1.165, 1.54) is 32.7 Å². The van der Waals surface area contributed by atoms with E-state index in [2.05, 4.69) is 80.4 Å². The van der Waals surface area contributed by atoms with Crippen molar-refractivity contribution in [2.45, 2.75) is 10.7 Å². The number of alkyl halides is 2. The van der Waals surface area contributed by atoms with Crippen molar-refractivity contribution < 1.29 is 0 Å². The summed E-state index contributed by atoms with van der Waals surface area (Å²) in [6.45, 7) is 0. The summed E-state index contributed by atoms with van der Waals surface area (Å²) in [6, 6.07) is 17.6. The fraction of sp³-hybridized carbons (Fsp3) is 0.125. The molecule has 0 nitrogen and oxygen atoms in total. The molecule has 0 spiro atoms. The number of hydrogen-bond acceptors (Lipinski definition) is 0. The fourth-order valence-corrected chi connectivity index (χ4v) is 3.39. The lowest BCUT2D eigenvalue weighted by Gasteiger charge is -2.08. The zero-order valence-electron chi connectivity index (χ0n) is 9.79. The summed E-state index contributed by atoms with van der Waals surface area (Å²) >= 11 is 7.13. The summed E-state index contributed by atoms with van der Waals surface area (Å²) in [5.41, 5.74) is 2.69. The standard InChI is InChI=1S/C16H12Br2/c17-9-13-5-1-3-11-7-16-12(8-15(11)13)4-2-6-14(16)10-18/h1-8H,9-10H2. The van der Waals surface area contributed by atoms with Gasteiger partial charge in [-0.25, -0.2) is 0 Å². The van der Waals surface area contributed by atoms with Gasteiger partial charge in [-0.15, -0.1) is 0 Å². The highest BCUT2D eigenvalue weighted by Gasteiger charge is 2.04. The van der Waals surface area contributed by atoms with Crippen LogP contribution in [0.15, 0.2) is 48.5 Å². The number of halogens is 2. The molecule has 2 heteroatoms. The van der Waals surface area contributed by atoms with Gasteiger partial charge < -0.3 is 0 Å². The molecule has 0 atom stereocenters. The van der Waals surface area contributed by atoms with E-state index >= 15 is 0 Å². The van der Waals surface area contributed by atoms with Crippen LogP contribution in [0.25, 0.3) is 21.5 Å². The number of benzene rings is 3. The van der Waals surface area contributed by atoms with E-state index in [1.807, 2.05) is 0 Å². The van der Waals surface area contributed by atoms with Crippen LogP contribution in [-0.4, -0.2) is 0 Å². The third kappa shape index (κ3) is 1.98. The molecular formula is C16H12Br2. The van der Waals surface area contributed by atoms with Gasteiger partial charge >= 0.3 is 0 Å². The molecule has 0 amide bonds. The van der Waals surface area contributed by atoms with E-state index < -0.39 is 0 Å². The monoisotopic (exact) mass is 362 g/mol. The van der Waals surface area contributed by atoms with Crippen LogP contribution < -0.4 is 0 Å². The van der Waals surface area contributed by atoms with Crippen LogP contribution >= 0.6 is 31.9 Å². The van der Waals surface area contributed by atoms with E-state index in [9.17, 15) is 0 Å². The lowest BCUT2D eigenvalue weighted by molar-refractivity contribution is 1.48. The maximum atomic E-state index is 3.56. The van der Waals surface area contributed by atoms with Crippen molar-refractivity contribution in [1.29, 1.82) is 0 Å². The Balaban J connectivity index is 2.43. The first-order valence-corrected chi connectivity index (χ1v) is 8.13. The summed E-state index contributed by atoms with van der Waals surface area (Å²) < 4.78 is 0. The van der Waals surface area contributed by atoms with Crippen molar-refractivity contribution in [1.82, 2.24) is 0 Å². The molecule has 0 unspecified atom stereocenters. The van der Waals surface area contributed by atoms with Crippen LogP contribution in [-0.2, 0) is 10.7 Å². The molecule has 90 valence electrons. The largest absolute Gasteiger partial charge is 0.0876 e. The molecule has 0 saturated carbocycles. The Morgan fingerprint density at radius 2 is 1.11 bits per heavy atom. The lowest BCUT2D eigenvalue weighted by atomic mass is 9.98. The molecule has 0 aliphatic rings. The molecule has 3 aromatic carbocycles. The van der Waals surface area contributed by atoms with Crippen LogP contribution in [0.1, 0.15) is 11.1 Å². The summed E-state index contributed by atoms with van der Waals surface area (Å²) in [5.74, 6) is 0. The van der Waals surface area contributed by atoms with Gasteiger partial charge in [-0.3, -0.25) is 0 Å². The molecule has 0 radical (unpaired) electrons. The second kappa shape index (κ2) is 5.02. The highest BCUT2D eigenvalue weighted by Crippen LogP contribution is 2.29. The van der Waals surface area contributed by atoms with Crippen molar-refractivity contribution in [2.24, 2.45) is 0 Å². The second-order valence-corrected chi connectivity index (χ2v) is 5.52. The first-order valence-electron chi connectivity index (χ1n) is 5.88. The Kier molecular flexibility index (Phi) is 3.40. The predicted octanol–water partition coefficient (Wildman–Crippen LogP) is 5.78. The Labute approximate surface area is 123 Å². The third-order valence-electron chi connectivity index (χ3n) is 3.35. The second-order valence-electron chi connectivity index (χ2n) is 4.40. The zero-order chi connectivity index (χ0) is 12.5. The molecule has 3 aromatic rings. The van der Waals surface area contributed by atoms with E-state index in [1.54, 1.807) is 0 Å². The lowest BCUT2D eigenvalue weighted by Crippen LogP contribution is -1.85. The summed E-state index contributed by atoms with van der Waals surface area (Å²) in [6.07, 6.45) is 0. The first kappa shape index (κ1) is 12.2. The third-order valence-corrected chi connectivity index (χ3v) is 4.56. The molecule has 0 heterocycles. The molecule has 3 rings (SSSR count). The average molecular weight is 364 g/mol. The maximum absolute atomic E-state index is 3.56. The molecule has 0 bridgehead atoms. The van der Waals surface area contributed by atoms with Gasteiger partial charge in [0.15, 0.2) is 0 Å². The van der Waals surface area contributed by atoms with Gasteiger partial charge in [-0.05, 0) is 44.8 Å². The summed E-state index contributed by atoms with van der Waals surface area (Å²) in [4.78, 5) is 0. The van der Waals surface area contributed by atoms with Gasteiger partial charge in [-0.1, -0.05) is 68.3 Å². The molecular weight excluding hydrogens is 352 g/mol. The highest BCUT2D eigenvalue weighted by atomic mass is 79.9. The van der Waals surface area contributed by atoms with Crippen molar-refractivity contribution in [3.63, 3.8) is 0 Å². The number of fused-ring (bicyclic) bond motifs is 2. The first-order chi connectivity index (χ1) is 8.83. The predicted molar refractivity (Wildman–Crippen MR) is 86.7 cm³/mol. The molecule has 0 aliphatic carbocycles. The van der Waals surface area contributed by atoms with Crippen LogP contribution in [0.5, 0.6) is 0 Å². The minimum Gasteiger partial charge on any atom is -0.0876 e. The Morgan fingerprint density at radius 3 is 1.50 bits per heavy atom. The number of rotatable bonds is 2. The van der Waals surface area contributed by atoms with Crippen LogP contribution in [0.4, 0.5) is 0 Å². The van der Waals surface area contributed by atoms with Crippen LogP contribution in [0.2, 0.25) is 0 Å². The van der Waals surface area contributed by atoms with Gasteiger partial charge in [0.2, 0.25) is 0 Å². The minimum atomic E-state index is 0.897. The van der Waals surface area contributed by atoms with Crippen molar-refractivity contribution in [3.05, 3.63) is 59.7 Å². The maximum Gasteiger partial charge on any atom is 0.0289 e. The van der Waals surface area contributed by atoms with E-state index in [-0.39, 0.29) is 0 Å². The SMILES string of the molecule is BrCc1cccc2cc3c(CBr)cccc3cc12. The average Bonchev–Trinajstić information content (AvgIpc) is 2.43.